The van der Waals surface area contributed by atoms with Crippen molar-refractivity contribution in [1.82, 2.24) is 4.90 Å². The molecule has 0 bridgehead atoms. The Labute approximate surface area is 139 Å². The van der Waals surface area contributed by atoms with Crippen LogP contribution < -0.4 is 5.32 Å². The maximum Gasteiger partial charge on any atom is 0.324 e. The van der Waals surface area contributed by atoms with E-state index in [-0.39, 0.29) is 24.2 Å². The molecule has 5 nitrogen and oxygen atoms in total. The number of rotatable bonds is 5. The molecule has 1 unspecified atom stereocenters. The van der Waals surface area contributed by atoms with Gasteiger partial charge in [0.15, 0.2) is 0 Å². The number of ether oxygens (including phenoxy) is 1. The highest BCUT2D eigenvalue weighted by molar-refractivity contribution is 7.99. The van der Waals surface area contributed by atoms with Gasteiger partial charge < -0.3 is 10.1 Å². The maximum atomic E-state index is 13.5. The van der Waals surface area contributed by atoms with Crippen LogP contribution in [0.5, 0.6) is 0 Å². The zero-order chi connectivity index (χ0) is 16.8. The van der Waals surface area contributed by atoms with Crippen molar-refractivity contribution in [2.24, 2.45) is 0 Å². The molecule has 0 spiro atoms. The number of anilines is 1. The number of amides is 1. The van der Waals surface area contributed by atoms with Crippen LogP contribution in [-0.2, 0) is 14.3 Å². The molecule has 126 valence electrons. The summed E-state index contributed by atoms with van der Waals surface area (Å²) < 4.78 is 18.6. The van der Waals surface area contributed by atoms with Crippen LogP contribution >= 0.6 is 11.8 Å². The number of carbonyl (C=O) groups is 2. The molecule has 1 aliphatic rings. The standard InChI is InChI=1S/C16H21FN2O3S/c1-3-22-16(21)14-10-23-7-6-19(14)9-15(20)18-12-5-4-11(2)13(17)8-12/h4-5,8,14H,3,6-7,9-10H2,1-2H3,(H,18,20). The largest absolute Gasteiger partial charge is 0.465 e. The van der Waals surface area contributed by atoms with Gasteiger partial charge in [0, 0.05) is 23.7 Å². The van der Waals surface area contributed by atoms with E-state index in [0.717, 1.165) is 5.75 Å². The van der Waals surface area contributed by atoms with Crippen molar-refractivity contribution in [2.45, 2.75) is 19.9 Å². The van der Waals surface area contributed by atoms with Crippen LogP contribution in [0.3, 0.4) is 0 Å². The molecule has 0 aliphatic carbocycles. The van der Waals surface area contributed by atoms with E-state index >= 15 is 0 Å². The van der Waals surface area contributed by atoms with Crippen molar-refractivity contribution in [3.05, 3.63) is 29.6 Å². The molecule has 0 aromatic heterocycles. The Balaban J connectivity index is 1.96. The number of carbonyl (C=O) groups excluding carboxylic acids is 2. The monoisotopic (exact) mass is 340 g/mol. The second-order valence-electron chi connectivity index (χ2n) is 5.33. The number of esters is 1. The van der Waals surface area contributed by atoms with E-state index in [0.29, 0.717) is 30.2 Å². The van der Waals surface area contributed by atoms with Crippen LogP contribution in [0, 0.1) is 12.7 Å². The number of aryl methyl sites for hydroxylation is 1. The van der Waals surface area contributed by atoms with E-state index in [9.17, 15) is 14.0 Å². The third-order valence-corrected chi connectivity index (χ3v) is 4.62. The van der Waals surface area contributed by atoms with E-state index in [1.807, 2.05) is 4.90 Å². The number of benzene rings is 1. The highest BCUT2D eigenvalue weighted by Crippen LogP contribution is 2.18. The molecule has 2 rings (SSSR count). The van der Waals surface area contributed by atoms with Crippen molar-refractivity contribution >= 4 is 29.3 Å². The molecule has 1 amide bonds. The van der Waals surface area contributed by atoms with Gasteiger partial charge in [-0.25, -0.2) is 4.39 Å². The van der Waals surface area contributed by atoms with Gasteiger partial charge in [-0.05, 0) is 31.5 Å². The van der Waals surface area contributed by atoms with Crippen molar-refractivity contribution in [1.29, 1.82) is 0 Å². The lowest BCUT2D eigenvalue weighted by Gasteiger charge is -2.32. The summed E-state index contributed by atoms with van der Waals surface area (Å²) >= 11 is 1.67. The predicted octanol–water partition coefficient (Wildman–Crippen LogP) is 2.05. The molecule has 1 aromatic rings. The van der Waals surface area contributed by atoms with Crippen molar-refractivity contribution in [2.75, 3.05) is 36.5 Å². The number of nitrogens with zero attached hydrogens (tertiary/aromatic N) is 1. The Hall–Kier alpha value is -1.60. The molecule has 0 saturated carbocycles. The van der Waals surface area contributed by atoms with Crippen LogP contribution in [0.15, 0.2) is 18.2 Å². The van der Waals surface area contributed by atoms with E-state index in [2.05, 4.69) is 5.32 Å². The fourth-order valence-electron chi connectivity index (χ4n) is 2.34. The van der Waals surface area contributed by atoms with Crippen LogP contribution in [0.2, 0.25) is 0 Å². The lowest BCUT2D eigenvalue weighted by molar-refractivity contribution is -0.148. The fraction of sp³-hybridized carbons (Fsp3) is 0.500. The minimum atomic E-state index is -0.408. The van der Waals surface area contributed by atoms with Crippen LogP contribution in [0.4, 0.5) is 10.1 Å². The Morgan fingerprint density at radius 3 is 2.96 bits per heavy atom. The third-order valence-electron chi connectivity index (χ3n) is 3.60. The number of halogens is 1. The Bertz CT molecular complexity index is 582. The first kappa shape index (κ1) is 17.7. The third kappa shape index (κ3) is 4.94. The molecular weight excluding hydrogens is 319 g/mol. The van der Waals surface area contributed by atoms with Gasteiger partial charge in [0.05, 0.1) is 13.2 Å². The molecule has 1 heterocycles. The van der Waals surface area contributed by atoms with Crippen molar-refractivity contribution < 1.29 is 18.7 Å². The summed E-state index contributed by atoms with van der Waals surface area (Å²) in [6, 6.07) is 4.16. The number of thioether (sulfide) groups is 1. The molecule has 1 fully saturated rings. The topological polar surface area (TPSA) is 58.6 Å². The molecule has 1 aromatic carbocycles. The van der Waals surface area contributed by atoms with Crippen molar-refractivity contribution in [3.63, 3.8) is 0 Å². The zero-order valence-corrected chi connectivity index (χ0v) is 14.1. The van der Waals surface area contributed by atoms with E-state index in [1.165, 1.54) is 6.07 Å². The average molecular weight is 340 g/mol. The predicted molar refractivity (Wildman–Crippen MR) is 89.1 cm³/mol. The van der Waals surface area contributed by atoms with Crippen LogP contribution in [0.25, 0.3) is 0 Å². The zero-order valence-electron chi connectivity index (χ0n) is 13.3. The minimum absolute atomic E-state index is 0.0829. The van der Waals surface area contributed by atoms with Crippen molar-refractivity contribution in [3.8, 4) is 0 Å². The van der Waals surface area contributed by atoms with Gasteiger partial charge in [-0.1, -0.05) is 6.07 Å². The second kappa shape index (κ2) is 8.31. The average Bonchev–Trinajstić information content (AvgIpc) is 2.51. The Kier molecular flexibility index (Phi) is 6.41. The number of hydrogen-bond donors (Lipinski definition) is 1. The molecule has 7 heteroatoms. The summed E-state index contributed by atoms with van der Waals surface area (Å²) in [5.41, 5.74) is 0.940. The van der Waals surface area contributed by atoms with Gasteiger partial charge in [0.1, 0.15) is 11.9 Å². The molecule has 1 N–H and O–H groups in total. The van der Waals surface area contributed by atoms with Gasteiger partial charge in [-0.2, -0.15) is 11.8 Å². The summed E-state index contributed by atoms with van der Waals surface area (Å²) in [6.07, 6.45) is 0. The van der Waals surface area contributed by atoms with Gasteiger partial charge in [0.25, 0.3) is 0 Å². The fourth-order valence-corrected chi connectivity index (χ4v) is 3.44. The van der Waals surface area contributed by atoms with Gasteiger partial charge in [0.2, 0.25) is 5.91 Å². The van der Waals surface area contributed by atoms with Crippen LogP contribution in [-0.4, -0.2) is 54.0 Å². The molecule has 1 saturated heterocycles. The van der Waals surface area contributed by atoms with Gasteiger partial charge in [-0.15, -0.1) is 0 Å². The van der Waals surface area contributed by atoms with Crippen LogP contribution in [0.1, 0.15) is 12.5 Å². The highest BCUT2D eigenvalue weighted by atomic mass is 32.2. The van der Waals surface area contributed by atoms with E-state index in [1.54, 1.807) is 37.7 Å². The Morgan fingerprint density at radius 2 is 2.26 bits per heavy atom. The first-order chi connectivity index (χ1) is 11.0. The Morgan fingerprint density at radius 1 is 1.48 bits per heavy atom. The summed E-state index contributed by atoms with van der Waals surface area (Å²) in [4.78, 5) is 26.0. The lowest BCUT2D eigenvalue weighted by Crippen LogP contribution is -2.50. The van der Waals surface area contributed by atoms with Gasteiger partial charge >= 0.3 is 5.97 Å². The molecule has 1 aliphatic heterocycles. The number of nitrogens with one attached hydrogen (secondary N) is 1. The molecule has 0 radical (unpaired) electrons. The first-order valence-electron chi connectivity index (χ1n) is 7.55. The summed E-state index contributed by atoms with van der Waals surface area (Å²) in [5, 5.41) is 2.67. The first-order valence-corrected chi connectivity index (χ1v) is 8.71. The lowest BCUT2D eigenvalue weighted by atomic mass is 10.2. The summed E-state index contributed by atoms with van der Waals surface area (Å²) in [6.45, 7) is 4.47. The molecule has 23 heavy (non-hydrogen) atoms. The SMILES string of the molecule is CCOC(=O)C1CSCCN1CC(=O)Nc1ccc(C)c(F)c1. The summed E-state index contributed by atoms with van der Waals surface area (Å²) in [5.74, 6) is 0.554. The molecule has 1 atom stereocenters. The van der Waals surface area contributed by atoms with Gasteiger partial charge in [-0.3, -0.25) is 14.5 Å². The second-order valence-corrected chi connectivity index (χ2v) is 6.48. The smallest absolute Gasteiger partial charge is 0.324 e. The summed E-state index contributed by atoms with van der Waals surface area (Å²) in [7, 11) is 0. The normalized spacial score (nSPS) is 18.5. The quantitative estimate of drug-likeness (QED) is 0.832. The van der Waals surface area contributed by atoms with E-state index < -0.39 is 6.04 Å². The number of hydrogen-bond acceptors (Lipinski definition) is 5. The van der Waals surface area contributed by atoms with E-state index in [4.69, 9.17) is 4.74 Å². The highest BCUT2D eigenvalue weighted by Gasteiger charge is 2.31. The molecular formula is C16H21FN2O3S. The maximum absolute atomic E-state index is 13.5. The minimum Gasteiger partial charge on any atom is -0.465 e.